The molecule has 2 heteroatoms. The third kappa shape index (κ3) is 1.44. The summed E-state index contributed by atoms with van der Waals surface area (Å²) in [5.41, 5.74) is 1.41. The number of aryl methyl sites for hydroxylation is 1. The van der Waals surface area contributed by atoms with Crippen molar-refractivity contribution in [2.45, 2.75) is 24.9 Å². The van der Waals surface area contributed by atoms with Crippen molar-refractivity contribution in [2.24, 2.45) is 7.05 Å². The summed E-state index contributed by atoms with van der Waals surface area (Å²) < 4.78 is 2.30. The zero-order chi connectivity index (χ0) is 10.3. The Morgan fingerprint density at radius 3 is 2.67 bits per heavy atom. The van der Waals surface area contributed by atoms with E-state index in [0.717, 1.165) is 0 Å². The molecule has 0 N–H and O–H groups in total. The van der Waals surface area contributed by atoms with Gasteiger partial charge in [-0.2, -0.15) is 0 Å². The smallest absolute Gasteiger partial charge is 0.0736 e. The van der Waals surface area contributed by atoms with Crippen LogP contribution in [0, 0.1) is 0 Å². The van der Waals surface area contributed by atoms with E-state index in [1.54, 1.807) is 5.19 Å². The van der Waals surface area contributed by atoms with Gasteiger partial charge in [-0.25, -0.2) is 0 Å². The fourth-order valence-electron chi connectivity index (χ4n) is 2.94. The normalized spacial score (nSPS) is 17.7. The van der Waals surface area contributed by atoms with Crippen LogP contribution in [0.25, 0.3) is 10.9 Å². The van der Waals surface area contributed by atoms with E-state index in [1.165, 1.54) is 35.8 Å². The summed E-state index contributed by atoms with van der Waals surface area (Å²) in [7, 11) is 1.59. The van der Waals surface area contributed by atoms with Crippen LogP contribution in [0.4, 0.5) is 0 Å². The van der Waals surface area contributed by atoms with E-state index in [4.69, 9.17) is 0 Å². The SMILES string of the molecule is Cn1cc([SiH]2CCCC2)c2ccccc21. The molecule has 1 fully saturated rings. The highest BCUT2D eigenvalue weighted by Gasteiger charge is 2.21. The molecule has 0 radical (unpaired) electrons. The first-order valence-corrected chi connectivity index (χ1v) is 8.11. The zero-order valence-electron chi connectivity index (χ0n) is 9.24. The molecule has 1 nitrogen and oxygen atoms in total. The Morgan fingerprint density at radius 1 is 1.13 bits per heavy atom. The monoisotopic (exact) mass is 215 g/mol. The van der Waals surface area contributed by atoms with Crippen LogP contribution in [0.15, 0.2) is 30.5 Å². The number of fused-ring (bicyclic) bond motifs is 1. The van der Waals surface area contributed by atoms with Gasteiger partial charge in [0.05, 0.1) is 8.80 Å². The lowest BCUT2D eigenvalue weighted by Crippen LogP contribution is -2.25. The molecule has 1 aliphatic heterocycles. The summed E-state index contributed by atoms with van der Waals surface area (Å²) in [6.07, 6.45) is 5.34. The van der Waals surface area contributed by atoms with Gasteiger partial charge in [0.1, 0.15) is 0 Å². The minimum atomic E-state index is -0.590. The van der Waals surface area contributed by atoms with Gasteiger partial charge in [0.2, 0.25) is 0 Å². The molecule has 15 heavy (non-hydrogen) atoms. The molecule has 0 atom stereocenters. The van der Waals surface area contributed by atoms with E-state index in [-0.39, 0.29) is 0 Å². The van der Waals surface area contributed by atoms with E-state index in [2.05, 4.69) is 42.1 Å². The summed E-state index contributed by atoms with van der Waals surface area (Å²) >= 11 is 0. The molecule has 1 aromatic carbocycles. The quantitative estimate of drug-likeness (QED) is 0.644. The number of nitrogens with zero attached hydrogens (tertiary/aromatic N) is 1. The molecule has 2 aromatic rings. The van der Waals surface area contributed by atoms with Crippen molar-refractivity contribution in [3.63, 3.8) is 0 Å². The van der Waals surface area contributed by atoms with Crippen molar-refractivity contribution < 1.29 is 0 Å². The first-order valence-electron chi connectivity index (χ1n) is 5.90. The average molecular weight is 215 g/mol. The van der Waals surface area contributed by atoms with Gasteiger partial charge in [0.15, 0.2) is 0 Å². The van der Waals surface area contributed by atoms with Crippen LogP contribution in [-0.2, 0) is 7.05 Å². The van der Waals surface area contributed by atoms with Gasteiger partial charge in [-0.15, -0.1) is 0 Å². The van der Waals surface area contributed by atoms with E-state index >= 15 is 0 Å². The van der Waals surface area contributed by atoms with E-state index in [1.807, 2.05) is 0 Å². The number of hydrogen-bond acceptors (Lipinski definition) is 0. The van der Waals surface area contributed by atoms with Gasteiger partial charge in [0.25, 0.3) is 0 Å². The van der Waals surface area contributed by atoms with Crippen molar-refractivity contribution in [3.05, 3.63) is 30.5 Å². The Morgan fingerprint density at radius 2 is 1.87 bits per heavy atom. The summed E-state index contributed by atoms with van der Waals surface area (Å²) in [5.74, 6) is 0. The van der Waals surface area contributed by atoms with Gasteiger partial charge in [-0.05, 0) is 16.6 Å². The van der Waals surface area contributed by atoms with Gasteiger partial charge in [0, 0.05) is 18.8 Å². The van der Waals surface area contributed by atoms with E-state index in [0.29, 0.717) is 0 Å². The predicted molar refractivity (Wildman–Crippen MR) is 68.6 cm³/mol. The first kappa shape index (κ1) is 9.22. The fourth-order valence-corrected chi connectivity index (χ4v) is 6.53. The third-order valence-electron chi connectivity index (χ3n) is 3.72. The van der Waals surface area contributed by atoms with Crippen LogP contribution in [-0.4, -0.2) is 13.4 Å². The highest BCUT2D eigenvalue weighted by Crippen LogP contribution is 2.22. The fraction of sp³-hybridized carbons (Fsp3) is 0.385. The second-order valence-electron chi connectivity index (χ2n) is 4.69. The lowest BCUT2D eigenvalue weighted by molar-refractivity contribution is 0.935. The van der Waals surface area contributed by atoms with Crippen molar-refractivity contribution >= 4 is 24.9 Å². The van der Waals surface area contributed by atoms with E-state index < -0.39 is 8.80 Å². The minimum Gasteiger partial charge on any atom is -0.351 e. The maximum Gasteiger partial charge on any atom is 0.0736 e. The summed E-state index contributed by atoms with van der Waals surface area (Å²) in [5, 5.41) is 3.24. The number of aromatic nitrogens is 1. The van der Waals surface area contributed by atoms with Crippen LogP contribution in [0.2, 0.25) is 12.1 Å². The Bertz CT molecular complexity index is 480. The molecular weight excluding hydrogens is 198 g/mol. The Kier molecular flexibility index (Phi) is 2.17. The number of rotatable bonds is 1. The van der Waals surface area contributed by atoms with Crippen LogP contribution in [0.1, 0.15) is 12.8 Å². The molecule has 0 saturated carbocycles. The van der Waals surface area contributed by atoms with Gasteiger partial charge < -0.3 is 4.57 Å². The molecule has 0 aliphatic carbocycles. The molecule has 2 heterocycles. The maximum atomic E-state index is 2.40. The molecule has 0 amide bonds. The molecule has 3 rings (SSSR count). The summed E-state index contributed by atoms with van der Waals surface area (Å²) in [6, 6.07) is 11.9. The summed E-state index contributed by atoms with van der Waals surface area (Å²) in [6.45, 7) is 0. The Hall–Kier alpha value is -1.02. The van der Waals surface area contributed by atoms with Crippen LogP contribution in [0.3, 0.4) is 0 Å². The molecule has 1 aliphatic rings. The Balaban J connectivity index is 2.17. The molecule has 1 saturated heterocycles. The molecule has 0 unspecified atom stereocenters. The zero-order valence-corrected chi connectivity index (χ0v) is 10.4. The average Bonchev–Trinajstić information content (AvgIpc) is 2.87. The molecular formula is C13H17NSi. The third-order valence-corrected chi connectivity index (χ3v) is 7.27. The number of para-hydroxylation sites is 1. The van der Waals surface area contributed by atoms with Gasteiger partial charge in [-0.1, -0.05) is 43.1 Å². The second kappa shape index (κ2) is 3.53. The van der Waals surface area contributed by atoms with Crippen molar-refractivity contribution in [3.8, 4) is 0 Å². The maximum absolute atomic E-state index is 2.40. The van der Waals surface area contributed by atoms with Crippen molar-refractivity contribution in [1.82, 2.24) is 4.57 Å². The van der Waals surface area contributed by atoms with Crippen LogP contribution >= 0.6 is 0 Å². The van der Waals surface area contributed by atoms with Gasteiger partial charge in [-0.3, -0.25) is 0 Å². The molecule has 0 spiro atoms. The minimum absolute atomic E-state index is 0.590. The Labute approximate surface area is 92.3 Å². The van der Waals surface area contributed by atoms with E-state index in [9.17, 15) is 0 Å². The highest BCUT2D eigenvalue weighted by atomic mass is 28.3. The first-order chi connectivity index (χ1) is 7.36. The largest absolute Gasteiger partial charge is 0.351 e. The molecule has 0 bridgehead atoms. The number of benzene rings is 1. The highest BCUT2D eigenvalue weighted by molar-refractivity contribution is 6.76. The lowest BCUT2D eigenvalue weighted by atomic mass is 10.2. The second-order valence-corrected chi connectivity index (χ2v) is 7.86. The standard InChI is InChI=1S/C13H17NSi/c1-14-10-13(15-8-4-5-9-15)11-6-2-3-7-12(11)14/h2-3,6-7,10,15H,4-5,8-9H2,1H3. The van der Waals surface area contributed by atoms with Crippen molar-refractivity contribution in [2.75, 3.05) is 0 Å². The van der Waals surface area contributed by atoms with Crippen LogP contribution < -0.4 is 5.19 Å². The molecule has 1 aromatic heterocycles. The number of hydrogen-bond donors (Lipinski definition) is 0. The molecule has 78 valence electrons. The topological polar surface area (TPSA) is 4.93 Å². The lowest BCUT2D eigenvalue weighted by Gasteiger charge is -2.04. The summed E-state index contributed by atoms with van der Waals surface area (Å²) in [4.78, 5) is 0. The predicted octanol–water partition coefficient (Wildman–Crippen LogP) is 2.41. The van der Waals surface area contributed by atoms with Crippen LogP contribution in [0.5, 0.6) is 0 Å². The van der Waals surface area contributed by atoms with Gasteiger partial charge >= 0.3 is 0 Å². The van der Waals surface area contributed by atoms with Crippen molar-refractivity contribution in [1.29, 1.82) is 0 Å².